The number of amidine groups is 1. The smallest absolute Gasteiger partial charge is 0.212 e. The van der Waals surface area contributed by atoms with E-state index in [1.54, 1.807) is 5.01 Å². The second-order valence-corrected chi connectivity index (χ2v) is 6.26. The second kappa shape index (κ2) is 8.68. The van der Waals surface area contributed by atoms with Crippen LogP contribution in [0, 0.1) is 5.92 Å². The Balaban J connectivity index is 2.26. The van der Waals surface area contributed by atoms with Gasteiger partial charge in [0.25, 0.3) is 0 Å². The van der Waals surface area contributed by atoms with Crippen LogP contribution in [-0.2, 0) is 4.74 Å². The lowest BCUT2D eigenvalue weighted by atomic mass is 10.1. The van der Waals surface area contributed by atoms with E-state index < -0.39 is 0 Å². The third-order valence-electron chi connectivity index (χ3n) is 3.79. The Morgan fingerprint density at radius 2 is 2.08 bits per heavy atom. The van der Waals surface area contributed by atoms with Crippen molar-refractivity contribution in [2.75, 3.05) is 11.6 Å². The van der Waals surface area contributed by atoms with E-state index in [9.17, 15) is 0 Å². The minimum atomic E-state index is -0.249. The van der Waals surface area contributed by atoms with Crippen molar-refractivity contribution in [3.8, 4) is 0 Å². The molecule has 0 amide bonds. The number of anilines is 1. The Labute approximate surface area is 149 Å². The van der Waals surface area contributed by atoms with Crippen molar-refractivity contribution in [1.82, 2.24) is 5.32 Å². The lowest BCUT2D eigenvalue weighted by Crippen LogP contribution is -2.44. The number of hydrogen-bond donors (Lipinski definition) is 2. The van der Waals surface area contributed by atoms with E-state index in [0.717, 1.165) is 18.5 Å². The number of nitrogens with one attached hydrogen (secondary N) is 1. The van der Waals surface area contributed by atoms with Crippen LogP contribution in [0.4, 0.5) is 5.69 Å². The maximum atomic E-state index is 6.20. The number of ether oxygens (including phenoxy) is 1. The lowest BCUT2D eigenvalue weighted by molar-refractivity contribution is 0.202. The highest BCUT2D eigenvalue weighted by Crippen LogP contribution is 2.26. The van der Waals surface area contributed by atoms with Crippen molar-refractivity contribution in [2.24, 2.45) is 16.8 Å². The summed E-state index contributed by atoms with van der Waals surface area (Å²) in [5, 5.41) is 9.57. The average Bonchev–Trinajstić information content (AvgIpc) is 2.60. The maximum absolute atomic E-state index is 6.20. The Morgan fingerprint density at radius 3 is 2.71 bits per heavy atom. The van der Waals surface area contributed by atoms with Gasteiger partial charge in [0.1, 0.15) is 5.84 Å². The molecule has 1 heterocycles. The lowest BCUT2D eigenvalue weighted by Gasteiger charge is -2.30. The maximum Gasteiger partial charge on any atom is 0.212 e. The van der Waals surface area contributed by atoms with Crippen molar-refractivity contribution in [3.05, 3.63) is 42.3 Å². The fraction of sp³-hybridized carbons (Fsp3) is 0.444. The molecule has 2 rings (SSSR count). The van der Waals surface area contributed by atoms with Gasteiger partial charge < -0.3 is 15.8 Å². The zero-order valence-electron chi connectivity index (χ0n) is 14.5. The highest BCUT2D eigenvalue weighted by atomic mass is 32.1. The van der Waals surface area contributed by atoms with Gasteiger partial charge in [-0.1, -0.05) is 44.3 Å². The number of hydrazone groups is 1. The highest BCUT2D eigenvalue weighted by Gasteiger charge is 2.27. The number of thiocarbonyl (C=S) groups is 1. The first-order chi connectivity index (χ1) is 11.6. The molecule has 0 saturated carbocycles. The Hall–Kier alpha value is -2.08. The predicted molar refractivity (Wildman–Crippen MR) is 104 cm³/mol. The Bertz CT molecular complexity index is 615. The van der Waals surface area contributed by atoms with E-state index in [4.69, 9.17) is 22.7 Å². The summed E-state index contributed by atoms with van der Waals surface area (Å²) in [6, 6.07) is 10.1. The van der Waals surface area contributed by atoms with Gasteiger partial charge in [0.2, 0.25) is 5.88 Å². The molecule has 3 N–H and O–H groups in total. The van der Waals surface area contributed by atoms with Crippen LogP contribution in [-0.4, -0.2) is 23.5 Å². The number of nitrogens with two attached hydrogens (primary N) is 1. The van der Waals surface area contributed by atoms with E-state index in [1.807, 2.05) is 36.4 Å². The fourth-order valence-corrected chi connectivity index (χ4v) is 2.63. The summed E-state index contributed by atoms with van der Waals surface area (Å²) in [7, 11) is 0. The summed E-state index contributed by atoms with van der Waals surface area (Å²) < 4.78 is 5.90. The van der Waals surface area contributed by atoms with Gasteiger partial charge in [0.05, 0.1) is 23.2 Å². The van der Waals surface area contributed by atoms with Crippen molar-refractivity contribution in [2.45, 2.75) is 39.7 Å². The molecule has 130 valence electrons. The molecule has 0 saturated heterocycles. The summed E-state index contributed by atoms with van der Waals surface area (Å²) in [4.78, 5) is 0.677. The molecule has 1 aromatic carbocycles. The van der Waals surface area contributed by atoms with Gasteiger partial charge in [-0.2, -0.15) is 10.1 Å². The summed E-state index contributed by atoms with van der Waals surface area (Å²) in [6.07, 6.45) is 3.85. The molecule has 0 aromatic heterocycles. The fourth-order valence-electron chi connectivity index (χ4n) is 2.24. The average molecular weight is 346 g/mol. The van der Waals surface area contributed by atoms with E-state index in [-0.39, 0.29) is 5.92 Å². The predicted octanol–water partition coefficient (Wildman–Crippen LogP) is 3.38. The molecule has 1 aliphatic heterocycles. The van der Waals surface area contributed by atoms with Gasteiger partial charge in [-0.05, 0) is 38.0 Å². The van der Waals surface area contributed by atoms with Crippen LogP contribution in [0.5, 0.6) is 0 Å². The quantitative estimate of drug-likeness (QED) is 0.741. The van der Waals surface area contributed by atoms with Crippen LogP contribution < -0.4 is 16.1 Å². The summed E-state index contributed by atoms with van der Waals surface area (Å²) in [6.45, 7) is 6.89. The minimum Gasteiger partial charge on any atom is -0.478 e. The zero-order chi connectivity index (χ0) is 17.5. The first-order valence-corrected chi connectivity index (χ1v) is 8.81. The first kappa shape index (κ1) is 18.3. The van der Waals surface area contributed by atoms with Crippen LogP contribution >= 0.6 is 12.2 Å². The monoisotopic (exact) mass is 346 g/mol. The SMILES string of the molecule is CCCOC1=CC(C(=S)NC(C)CC)C(N)=NN1c1ccccc1. The number of nitrogens with zero attached hydrogens (tertiary/aromatic N) is 2. The third-order valence-corrected chi connectivity index (χ3v) is 4.16. The third kappa shape index (κ3) is 4.47. The van der Waals surface area contributed by atoms with Crippen molar-refractivity contribution in [3.63, 3.8) is 0 Å². The van der Waals surface area contributed by atoms with Crippen molar-refractivity contribution < 1.29 is 4.74 Å². The first-order valence-electron chi connectivity index (χ1n) is 8.40. The Kier molecular flexibility index (Phi) is 6.61. The molecule has 0 fully saturated rings. The number of rotatable bonds is 7. The van der Waals surface area contributed by atoms with E-state index in [1.165, 1.54) is 0 Å². The topological polar surface area (TPSA) is 62.9 Å². The van der Waals surface area contributed by atoms with Crippen LogP contribution in [0.1, 0.15) is 33.6 Å². The summed E-state index contributed by atoms with van der Waals surface area (Å²) in [5.74, 6) is 0.875. The molecule has 0 radical (unpaired) electrons. The van der Waals surface area contributed by atoms with Crippen LogP contribution in [0.25, 0.3) is 0 Å². The molecule has 1 aromatic rings. The van der Waals surface area contributed by atoms with Crippen molar-refractivity contribution in [1.29, 1.82) is 0 Å². The largest absolute Gasteiger partial charge is 0.478 e. The van der Waals surface area contributed by atoms with Gasteiger partial charge in [-0.25, -0.2) is 0 Å². The van der Waals surface area contributed by atoms with E-state index >= 15 is 0 Å². The van der Waals surface area contributed by atoms with Gasteiger partial charge in [-0.3, -0.25) is 0 Å². The molecule has 6 heteroatoms. The molecule has 2 unspecified atom stereocenters. The van der Waals surface area contributed by atoms with Gasteiger partial charge in [-0.15, -0.1) is 0 Å². The van der Waals surface area contributed by atoms with Crippen LogP contribution in [0.3, 0.4) is 0 Å². The van der Waals surface area contributed by atoms with Crippen molar-refractivity contribution >= 4 is 28.7 Å². The second-order valence-electron chi connectivity index (χ2n) is 5.82. The van der Waals surface area contributed by atoms with Gasteiger partial charge >= 0.3 is 0 Å². The van der Waals surface area contributed by atoms with Crippen LogP contribution in [0.15, 0.2) is 47.4 Å². The normalized spacial score (nSPS) is 18.5. The van der Waals surface area contributed by atoms with E-state index in [2.05, 4.69) is 31.2 Å². The highest BCUT2D eigenvalue weighted by molar-refractivity contribution is 7.80. The number of para-hydroxylation sites is 1. The van der Waals surface area contributed by atoms with Gasteiger partial charge in [0.15, 0.2) is 0 Å². The Morgan fingerprint density at radius 1 is 1.38 bits per heavy atom. The summed E-state index contributed by atoms with van der Waals surface area (Å²) in [5.41, 5.74) is 7.10. The van der Waals surface area contributed by atoms with E-state index in [0.29, 0.717) is 29.4 Å². The standard InChI is InChI=1S/C18H26N4OS/c1-4-11-23-16-12-15(18(24)20-13(3)5-2)17(19)21-22(16)14-9-7-6-8-10-14/h6-10,12-13,15H,4-5,11H2,1-3H3,(H2,19,21)(H,20,24). The molecular weight excluding hydrogens is 320 g/mol. The molecule has 1 aliphatic rings. The number of benzene rings is 1. The molecule has 24 heavy (non-hydrogen) atoms. The number of hydrogen-bond acceptors (Lipinski definition) is 5. The molecule has 0 bridgehead atoms. The van der Waals surface area contributed by atoms with Gasteiger partial charge in [0, 0.05) is 6.04 Å². The molecule has 0 spiro atoms. The minimum absolute atomic E-state index is 0.249. The molecular formula is C18H26N4OS. The molecule has 5 nitrogen and oxygen atoms in total. The molecule has 2 atom stereocenters. The summed E-state index contributed by atoms with van der Waals surface area (Å²) >= 11 is 5.52. The zero-order valence-corrected chi connectivity index (χ0v) is 15.3. The van der Waals surface area contributed by atoms with Crippen LogP contribution in [0.2, 0.25) is 0 Å². The molecule has 0 aliphatic carbocycles.